The van der Waals surface area contributed by atoms with E-state index >= 15 is 0 Å². The first-order valence-electron chi connectivity index (χ1n) is 11.8. The summed E-state index contributed by atoms with van der Waals surface area (Å²) in [4.78, 5) is 72.6. The fourth-order valence-corrected chi connectivity index (χ4v) is 3.14. The average molecular weight is 517 g/mol. The molecule has 0 rings (SSSR count). The van der Waals surface area contributed by atoms with Crippen molar-refractivity contribution in [3.8, 4) is 0 Å². The van der Waals surface area contributed by atoms with Crippen LogP contribution in [0.2, 0.25) is 0 Å². The van der Waals surface area contributed by atoms with Gasteiger partial charge in [-0.2, -0.15) is 0 Å². The summed E-state index contributed by atoms with van der Waals surface area (Å²) < 4.78 is 0. The highest BCUT2D eigenvalue weighted by molar-refractivity contribution is 5.96. The Hall–Kier alpha value is -3.26. The molecule has 0 aliphatic heterocycles. The maximum atomic E-state index is 12.9. The first-order valence-corrected chi connectivity index (χ1v) is 11.8. The molecule has 0 aromatic rings. The van der Waals surface area contributed by atoms with Crippen molar-refractivity contribution >= 4 is 35.6 Å². The Kier molecular flexibility index (Phi) is 14.9. The maximum absolute atomic E-state index is 12.9. The van der Waals surface area contributed by atoms with E-state index in [1.807, 2.05) is 0 Å². The predicted molar refractivity (Wildman–Crippen MR) is 129 cm³/mol. The number of nitrogens with two attached hydrogens (primary N) is 2. The van der Waals surface area contributed by atoms with E-state index in [4.69, 9.17) is 16.6 Å². The molecule has 0 saturated heterocycles. The molecule has 4 atom stereocenters. The van der Waals surface area contributed by atoms with Crippen LogP contribution in [0.4, 0.5) is 0 Å². The quantitative estimate of drug-likeness (QED) is 0.0977. The van der Waals surface area contributed by atoms with Gasteiger partial charge in [0.15, 0.2) is 0 Å². The molecule has 0 heterocycles. The second-order valence-corrected chi connectivity index (χ2v) is 9.12. The second-order valence-electron chi connectivity index (χ2n) is 9.12. The molecule has 4 unspecified atom stereocenters. The molecule has 206 valence electrons. The van der Waals surface area contributed by atoms with Crippen molar-refractivity contribution in [2.75, 3.05) is 13.1 Å². The molecule has 36 heavy (non-hydrogen) atoms. The zero-order chi connectivity index (χ0) is 28.0. The van der Waals surface area contributed by atoms with E-state index < -0.39 is 84.5 Å². The number of carbonyl (C=O) groups is 6. The zero-order valence-corrected chi connectivity index (χ0v) is 21.2. The van der Waals surface area contributed by atoms with Gasteiger partial charge in [-0.3, -0.25) is 28.8 Å². The number of unbranched alkanes of at least 4 members (excludes halogenated alkanes) is 1. The first-order chi connectivity index (χ1) is 16.7. The van der Waals surface area contributed by atoms with Crippen LogP contribution in [0.1, 0.15) is 53.4 Å². The van der Waals surface area contributed by atoms with Crippen molar-refractivity contribution in [1.82, 2.24) is 21.3 Å². The number of rotatable bonds is 17. The lowest BCUT2D eigenvalue weighted by Gasteiger charge is -2.27. The van der Waals surface area contributed by atoms with Crippen LogP contribution in [0, 0.1) is 11.8 Å². The summed E-state index contributed by atoms with van der Waals surface area (Å²) >= 11 is 0. The Morgan fingerprint density at radius 3 is 1.72 bits per heavy atom. The van der Waals surface area contributed by atoms with E-state index in [9.17, 15) is 33.9 Å². The number of carboxylic acid groups (broad SMARTS) is 2. The summed E-state index contributed by atoms with van der Waals surface area (Å²) in [6.07, 6.45) is 0.880. The molecule has 14 nitrogen and oxygen atoms in total. The molecule has 0 spiro atoms. The van der Waals surface area contributed by atoms with Crippen LogP contribution < -0.4 is 32.7 Å². The van der Waals surface area contributed by atoms with Gasteiger partial charge in [-0.1, -0.05) is 34.1 Å². The standard InChI is InChI=1S/C22H40N6O8/c1-11(2)17(21(35)25-10-16(31)32)28-20(34)14(9-15(29)30)26-22(36)18(12(3)4)27-19(33)13(24)7-5-6-8-23/h11-14,17-18H,5-10,23-24H2,1-4H3,(H,25,35)(H,26,36)(H,27,33)(H,28,34)(H,29,30)(H,31,32). The van der Waals surface area contributed by atoms with Crippen LogP contribution in [-0.4, -0.2) is 83.0 Å². The molecule has 10 N–H and O–H groups in total. The van der Waals surface area contributed by atoms with Crippen molar-refractivity contribution in [2.24, 2.45) is 23.3 Å². The fraction of sp³-hybridized carbons (Fsp3) is 0.727. The number of hydrogen-bond acceptors (Lipinski definition) is 8. The van der Waals surface area contributed by atoms with Crippen LogP contribution in [0.3, 0.4) is 0 Å². The molecule has 0 aromatic heterocycles. The summed E-state index contributed by atoms with van der Waals surface area (Å²) in [5.74, 6) is -6.69. The first kappa shape index (κ1) is 32.7. The van der Waals surface area contributed by atoms with E-state index in [0.29, 0.717) is 25.8 Å². The smallest absolute Gasteiger partial charge is 0.322 e. The van der Waals surface area contributed by atoms with Crippen LogP contribution in [0.25, 0.3) is 0 Å². The van der Waals surface area contributed by atoms with Gasteiger partial charge >= 0.3 is 11.9 Å². The highest BCUT2D eigenvalue weighted by Gasteiger charge is 2.33. The number of aliphatic carboxylic acids is 2. The molecule has 0 aliphatic rings. The highest BCUT2D eigenvalue weighted by Crippen LogP contribution is 2.08. The minimum absolute atomic E-state index is 0.361. The van der Waals surface area contributed by atoms with Crippen LogP contribution in [0.15, 0.2) is 0 Å². The lowest BCUT2D eigenvalue weighted by Crippen LogP contribution is -2.60. The number of nitrogens with one attached hydrogen (secondary N) is 4. The third-order valence-electron chi connectivity index (χ3n) is 5.23. The minimum Gasteiger partial charge on any atom is -0.481 e. The Morgan fingerprint density at radius 2 is 1.25 bits per heavy atom. The molecule has 0 bridgehead atoms. The second kappa shape index (κ2) is 16.4. The van der Waals surface area contributed by atoms with Gasteiger partial charge in [0.25, 0.3) is 0 Å². The van der Waals surface area contributed by atoms with Gasteiger partial charge in [-0.05, 0) is 31.2 Å². The molecule has 0 fully saturated rings. The minimum atomic E-state index is -1.57. The van der Waals surface area contributed by atoms with Crippen molar-refractivity contribution in [3.05, 3.63) is 0 Å². The number of amides is 4. The molecule has 0 aromatic carbocycles. The van der Waals surface area contributed by atoms with E-state index in [1.54, 1.807) is 27.7 Å². The normalized spacial score (nSPS) is 14.3. The Balaban J connectivity index is 5.48. The predicted octanol–water partition coefficient (Wildman–Crippen LogP) is -2.12. The monoisotopic (exact) mass is 516 g/mol. The summed E-state index contributed by atoms with van der Waals surface area (Å²) in [6, 6.07) is -4.74. The van der Waals surface area contributed by atoms with Gasteiger partial charge in [0.2, 0.25) is 23.6 Å². The third kappa shape index (κ3) is 12.4. The van der Waals surface area contributed by atoms with E-state index in [1.165, 1.54) is 0 Å². The Labute approximate surface area is 210 Å². The topological polar surface area (TPSA) is 243 Å². The van der Waals surface area contributed by atoms with Crippen LogP contribution in [0.5, 0.6) is 0 Å². The van der Waals surface area contributed by atoms with E-state index in [0.717, 1.165) is 0 Å². The molecule has 0 radical (unpaired) electrons. The Bertz CT molecular complexity index is 789. The van der Waals surface area contributed by atoms with Crippen LogP contribution in [-0.2, 0) is 28.8 Å². The summed E-state index contributed by atoms with van der Waals surface area (Å²) in [5.41, 5.74) is 11.3. The van der Waals surface area contributed by atoms with Crippen LogP contribution >= 0.6 is 0 Å². The van der Waals surface area contributed by atoms with Gasteiger partial charge in [0.1, 0.15) is 24.7 Å². The number of carbonyl (C=O) groups excluding carboxylic acids is 4. The molecular weight excluding hydrogens is 476 g/mol. The van der Waals surface area contributed by atoms with Gasteiger partial charge in [-0.15, -0.1) is 0 Å². The average Bonchev–Trinajstić information content (AvgIpc) is 2.77. The molecule has 0 aliphatic carbocycles. The molecule has 0 saturated carbocycles. The molecule has 14 heteroatoms. The maximum Gasteiger partial charge on any atom is 0.322 e. The van der Waals surface area contributed by atoms with Gasteiger partial charge in [-0.25, -0.2) is 0 Å². The van der Waals surface area contributed by atoms with Crippen molar-refractivity contribution in [2.45, 2.75) is 77.5 Å². The van der Waals surface area contributed by atoms with E-state index in [2.05, 4.69) is 21.3 Å². The third-order valence-corrected chi connectivity index (χ3v) is 5.23. The van der Waals surface area contributed by atoms with Crippen molar-refractivity contribution < 1.29 is 39.0 Å². The zero-order valence-electron chi connectivity index (χ0n) is 21.2. The molecular formula is C22H40N6O8. The fourth-order valence-electron chi connectivity index (χ4n) is 3.14. The van der Waals surface area contributed by atoms with Gasteiger partial charge < -0.3 is 42.9 Å². The largest absolute Gasteiger partial charge is 0.481 e. The van der Waals surface area contributed by atoms with Crippen molar-refractivity contribution in [1.29, 1.82) is 0 Å². The lowest BCUT2D eigenvalue weighted by atomic mass is 10.0. The van der Waals surface area contributed by atoms with E-state index in [-0.39, 0.29) is 0 Å². The SMILES string of the molecule is CC(C)C(NC(=O)C(N)CCCCN)C(=O)NC(CC(=O)O)C(=O)NC(C(=O)NCC(=O)O)C(C)C. The summed E-state index contributed by atoms with van der Waals surface area (Å²) in [6.45, 7) is 6.28. The lowest BCUT2D eigenvalue weighted by molar-refractivity contribution is -0.142. The van der Waals surface area contributed by atoms with Gasteiger partial charge in [0.05, 0.1) is 12.5 Å². The highest BCUT2D eigenvalue weighted by atomic mass is 16.4. The number of carboxylic acids is 2. The Morgan fingerprint density at radius 1 is 0.722 bits per heavy atom. The summed E-state index contributed by atoms with van der Waals surface area (Å²) in [7, 11) is 0. The van der Waals surface area contributed by atoms with Crippen molar-refractivity contribution in [3.63, 3.8) is 0 Å². The number of hydrogen-bond donors (Lipinski definition) is 8. The molecule has 4 amide bonds. The summed E-state index contributed by atoms with van der Waals surface area (Å²) in [5, 5.41) is 27.4. The van der Waals surface area contributed by atoms with Gasteiger partial charge in [0, 0.05) is 0 Å².